The molecule has 2 aliphatic rings. The molecule has 3 rings (SSSR count). The number of hydrogen-bond acceptors (Lipinski definition) is 4. The minimum absolute atomic E-state index is 0.100. The Bertz CT molecular complexity index is 619. The number of fused-ring (bicyclic) bond motifs is 1. The van der Waals surface area contributed by atoms with Crippen LogP contribution in [0.1, 0.15) is 15.9 Å². The van der Waals surface area contributed by atoms with E-state index in [-0.39, 0.29) is 30.5 Å². The van der Waals surface area contributed by atoms with Crippen molar-refractivity contribution in [3.05, 3.63) is 29.3 Å². The molecule has 110 valence electrons. The zero-order valence-electron chi connectivity index (χ0n) is 11.3. The zero-order chi connectivity index (χ0) is 15.0. The highest BCUT2D eigenvalue weighted by Gasteiger charge is 2.32. The molecular formula is C14H15N3O4. The minimum Gasteiger partial charge on any atom is -0.478 e. The number of amides is 2. The summed E-state index contributed by atoms with van der Waals surface area (Å²) in [5.41, 5.74) is 1.85. The van der Waals surface area contributed by atoms with Crippen LogP contribution in [0.15, 0.2) is 18.2 Å². The van der Waals surface area contributed by atoms with E-state index >= 15 is 0 Å². The molecule has 1 saturated heterocycles. The molecule has 1 aromatic rings. The second-order valence-corrected chi connectivity index (χ2v) is 5.13. The maximum absolute atomic E-state index is 12.5. The Hall–Kier alpha value is -2.41. The van der Waals surface area contributed by atoms with Crippen molar-refractivity contribution in [2.24, 2.45) is 0 Å². The molecule has 0 spiro atoms. The molecule has 0 bridgehead atoms. The summed E-state index contributed by atoms with van der Waals surface area (Å²) in [5, 5.41) is 14.6. The molecule has 3 N–H and O–H groups in total. The van der Waals surface area contributed by atoms with Gasteiger partial charge in [-0.3, -0.25) is 14.9 Å². The number of hydrogen-bond donors (Lipinski definition) is 3. The molecule has 2 amide bonds. The number of piperazine rings is 1. The summed E-state index contributed by atoms with van der Waals surface area (Å²) in [7, 11) is 0. The van der Waals surface area contributed by atoms with Crippen molar-refractivity contribution in [2.45, 2.75) is 12.5 Å². The van der Waals surface area contributed by atoms with E-state index in [1.807, 2.05) is 0 Å². The number of aromatic carboxylic acids is 1. The first-order chi connectivity index (χ1) is 10.1. The molecule has 1 atom stereocenters. The third-order valence-electron chi connectivity index (χ3n) is 3.80. The van der Waals surface area contributed by atoms with Gasteiger partial charge in [-0.05, 0) is 30.2 Å². The van der Waals surface area contributed by atoms with Crippen LogP contribution in [0.25, 0.3) is 0 Å². The summed E-state index contributed by atoms with van der Waals surface area (Å²) in [5.74, 6) is -1.19. The molecule has 2 aliphatic heterocycles. The Balaban J connectivity index is 1.79. The molecule has 0 aromatic heterocycles. The number of nitrogens with zero attached hydrogens (tertiary/aromatic N) is 1. The van der Waals surface area contributed by atoms with E-state index in [1.54, 1.807) is 17.0 Å². The van der Waals surface area contributed by atoms with Crippen molar-refractivity contribution >= 4 is 23.5 Å². The third kappa shape index (κ3) is 2.47. The lowest BCUT2D eigenvalue weighted by atomic mass is 10.1. The number of carboxylic acids is 1. The normalized spacial score (nSPS) is 20.9. The Labute approximate surface area is 120 Å². The summed E-state index contributed by atoms with van der Waals surface area (Å²) in [6.07, 6.45) is 0.640. The first-order valence-electron chi connectivity index (χ1n) is 6.74. The lowest BCUT2D eigenvalue weighted by Crippen LogP contribution is -2.58. The van der Waals surface area contributed by atoms with Gasteiger partial charge in [0, 0.05) is 18.8 Å². The highest BCUT2D eigenvalue weighted by molar-refractivity contribution is 6.01. The fourth-order valence-electron chi connectivity index (χ4n) is 2.69. The number of rotatable bonds is 2. The van der Waals surface area contributed by atoms with E-state index in [0.717, 1.165) is 11.3 Å². The minimum atomic E-state index is -0.973. The number of anilines is 1. The largest absolute Gasteiger partial charge is 0.478 e. The molecule has 0 aliphatic carbocycles. The third-order valence-corrected chi connectivity index (χ3v) is 3.80. The van der Waals surface area contributed by atoms with Crippen LogP contribution in [0.2, 0.25) is 0 Å². The van der Waals surface area contributed by atoms with E-state index in [9.17, 15) is 14.4 Å². The van der Waals surface area contributed by atoms with Gasteiger partial charge in [0.2, 0.25) is 11.8 Å². The Kier molecular flexibility index (Phi) is 3.34. The molecule has 7 heteroatoms. The SMILES string of the molecule is O=C1CNC(C(=O)N2CCc3cc(C(=O)O)ccc32)CN1. The van der Waals surface area contributed by atoms with Crippen molar-refractivity contribution in [3.63, 3.8) is 0 Å². The maximum atomic E-state index is 12.5. The Morgan fingerprint density at radius 1 is 1.33 bits per heavy atom. The quantitative estimate of drug-likeness (QED) is 0.673. The molecular weight excluding hydrogens is 274 g/mol. The second kappa shape index (κ2) is 5.17. The van der Waals surface area contributed by atoms with Crippen molar-refractivity contribution in [2.75, 3.05) is 24.5 Å². The zero-order valence-corrected chi connectivity index (χ0v) is 11.3. The van der Waals surface area contributed by atoms with Crippen molar-refractivity contribution in [1.82, 2.24) is 10.6 Å². The Morgan fingerprint density at radius 3 is 2.81 bits per heavy atom. The van der Waals surface area contributed by atoms with Crippen LogP contribution < -0.4 is 15.5 Å². The van der Waals surface area contributed by atoms with Gasteiger partial charge < -0.3 is 15.3 Å². The van der Waals surface area contributed by atoms with Crippen LogP contribution >= 0.6 is 0 Å². The predicted octanol–water partition coefficient (Wildman–Crippen LogP) is -0.638. The van der Waals surface area contributed by atoms with Gasteiger partial charge in [-0.1, -0.05) is 0 Å². The average molecular weight is 289 g/mol. The topological polar surface area (TPSA) is 98.7 Å². The van der Waals surface area contributed by atoms with Crippen LogP contribution in [0.3, 0.4) is 0 Å². The molecule has 1 aromatic carbocycles. The van der Waals surface area contributed by atoms with Crippen molar-refractivity contribution in [1.29, 1.82) is 0 Å². The molecule has 2 heterocycles. The van der Waals surface area contributed by atoms with E-state index in [1.165, 1.54) is 6.07 Å². The highest BCUT2D eigenvalue weighted by Crippen LogP contribution is 2.29. The van der Waals surface area contributed by atoms with Crippen LogP contribution in [0.4, 0.5) is 5.69 Å². The summed E-state index contributed by atoms with van der Waals surface area (Å²) < 4.78 is 0. The summed E-state index contributed by atoms with van der Waals surface area (Å²) >= 11 is 0. The summed E-state index contributed by atoms with van der Waals surface area (Å²) in [6, 6.07) is 4.35. The van der Waals surface area contributed by atoms with Crippen LogP contribution in [-0.2, 0) is 16.0 Å². The van der Waals surface area contributed by atoms with Crippen LogP contribution in [0, 0.1) is 0 Å². The number of carboxylic acid groups (broad SMARTS) is 1. The average Bonchev–Trinajstić information content (AvgIpc) is 2.90. The van der Waals surface area contributed by atoms with Gasteiger partial charge in [-0.2, -0.15) is 0 Å². The summed E-state index contributed by atoms with van der Waals surface area (Å²) in [6.45, 7) is 0.940. The molecule has 0 radical (unpaired) electrons. The van der Waals surface area contributed by atoms with Gasteiger partial charge in [-0.25, -0.2) is 4.79 Å². The lowest BCUT2D eigenvalue weighted by Gasteiger charge is -2.27. The van der Waals surface area contributed by atoms with E-state index in [4.69, 9.17) is 5.11 Å². The lowest BCUT2D eigenvalue weighted by molar-refractivity contribution is -0.125. The first-order valence-corrected chi connectivity index (χ1v) is 6.74. The fraction of sp³-hybridized carbons (Fsp3) is 0.357. The highest BCUT2D eigenvalue weighted by atomic mass is 16.4. The van der Waals surface area contributed by atoms with E-state index < -0.39 is 12.0 Å². The monoisotopic (exact) mass is 289 g/mol. The van der Waals surface area contributed by atoms with Gasteiger partial charge >= 0.3 is 5.97 Å². The van der Waals surface area contributed by atoms with E-state index in [0.29, 0.717) is 13.0 Å². The maximum Gasteiger partial charge on any atom is 0.335 e. The number of carbonyl (C=O) groups excluding carboxylic acids is 2. The van der Waals surface area contributed by atoms with Gasteiger partial charge in [0.15, 0.2) is 0 Å². The predicted molar refractivity (Wildman–Crippen MR) is 74.3 cm³/mol. The van der Waals surface area contributed by atoms with Gasteiger partial charge in [-0.15, -0.1) is 0 Å². The Morgan fingerprint density at radius 2 is 2.14 bits per heavy atom. The van der Waals surface area contributed by atoms with Crippen LogP contribution in [-0.4, -0.2) is 48.6 Å². The van der Waals surface area contributed by atoms with Gasteiger partial charge in [0.25, 0.3) is 0 Å². The smallest absolute Gasteiger partial charge is 0.335 e. The molecule has 0 saturated carbocycles. The number of benzene rings is 1. The molecule has 7 nitrogen and oxygen atoms in total. The van der Waals surface area contributed by atoms with Crippen LogP contribution in [0.5, 0.6) is 0 Å². The fourth-order valence-corrected chi connectivity index (χ4v) is 2.69. The molecule has 21 heavy (non-hydrogen) atoms. The van der Waals surface area contributed by atoms with E-state index in [2.05, 4.69) is 10.6 Å². The first kappa shape index (κ1) is 13.6. The molecule has 1 unspecified atom stereocenters. The number of carbonyl (C=O) groups is 3. The standard InChI is InChI=1S/C14H15N3O4/c18-12-7-15-10(6-16-12)13(19)17-4-3-8-5-9(14(20)21)1-2-11(8)17/h1-2,5,10,15H,3-4,6-7H2,(H,16,18)(H,20,21). The van der Waals surface area contributed by atoms with Gasteiger partial charge in [0.05, 0.1) is 12.1 Å². The molecule has 1 fully saturated rings. The summed E-state index contributed by atoms with van der Waals surface area (Å²) in [4.78, 5) is 36.2. The number of nitrogens with one attached hydrogen (secondary N) is 2. The van der Waals surface area contributed by atoms with Gasteiger partial charge in [0.1, 0.15) is 6.04 Å². The van der Waals surface area contributed by atoms with Crippen molar-refractivity contribution in [3.8, 4) is 0 Å². The van der Waals surface area contributed by atoms with Crippen molar-refractivity contribution < 1.29 is 19.5 Å². The second-order valence-electron chi connectivity index (χ2n) is 5.13.